The highest BCUT2D eigenvalue weighted by Gasteiger charge is 2.31. The molecule has 3 rings (SSSR count). The molecule has 1 aromatic heterocycles. The van der Waals surface area contributed by atoms with Gasteiger partial charge in [-0.05, 0) is 18.8 Å². The van der Waals surface area contributed by atoms with Crippen molar-refractivity contribution in [2.24, 2.45) is 5.92 Å². The Labute approximate surface area is 123 Å². The summed E-state index contributed by atoms with van der Waals surface area (Å²) >= 11 is 0. The molecule has 1 aliphatic heterocycles. The van der Waals surface area contributed by atoms with Crippen LogP contribution in [0.15, 0.2) is 4.52 Å². The Hall–Kier alpha value is -1.47. The second kappa shape index (κ2) is 6.53. The van der Waals surface area contributed by atoms with Gasteiger partial charge in [-0.25, -0.2) is 0 Å². The van der Waals surface area contributed by atoms with Crippen molar-refractivity contribution in [1.82, 2.24) is 20.8 Å². The molecular weight excluding hydrogens is 272 g/mol. The number of ether oxygens (including phenoxy) is 1. The number of amides is 1. The van der Waals surface area contributed by atoms with Gasteiger partial charge in [0.25, 0.3) is 0 Å². The van der Waals surface area contributed by atoms with Crippen LogP contribution in [0.3, 0.4) is 0 Å². The fourth-order valence-corrected chi connectivity index (χ4v) is 3.19. The summed E-state index contributed by atoms with van der Waals surface area (Å²) in [5, 5.41) is 9.96. The molecular formula is C14H22N4O3. The van der Waals surface area contributed by atoms with Crippen molar-refractivity contribution in [3.8, 4) is 0 Å². The zero-order valence-electron chi connectivity index (χ0n) is 12.3. The van der Waals surface area contributed by atoms with Crippen molar-refractivity contribution in [3.05, 3.63) is 11.7 Å². The summed E-state index contributed by atoms with van der Waals surface area (Å²) in [7, 11) is 1.70. The van der Waals surface area contributed by atoms with Crippen LogP contribution < -0.4 is 10.6 Å². The lowest BCUT2D eigenvalue weighted by Gasteiger charge is -2.27. The Morgan fingerprint density at radius 3 is 2.81 bits per heavy atom. The summed E-state index contributed by atoms with van der Waals surface area (Å²) in [6, 6.07) is -0.118. The second-order valence-electron chi connectivity index (χ2n) is 5.78. The fraction of sp³-hybridized carbons (Fsp3) is 0.786. The molecule has 2 unspecified atom stereocenters. The zero-order valence-corrected chi connectivity index (χ0v) is 12.3. The van der Waals surface area contributed by atoms with Gasteiger partial charge >= 0.3 is 0 Å². The monoisotopic (exact) mass is 294 g/mol. The van der Waals surface area contributed by atoms with E-state index in [-0.39, 0.29) is 24.6 Å². The molecule has 2 aliphatic rings. The normalized spacial score (nSPS) is 25.6. The number of aromatic nitrogens is 2. The van der Waals surface area contributed by atoms with Gasteiger partial charge in [0.2, 0.25) is 17.6 Å². The average molecular weight is 294 g/mol. The number of rotatable bonds is 4. The van der Waals surface area contributed by atoms with Crippen LogP contribution in [0, 0.1) is 5.92 Å². The largest absolute Gasteiger partial charge is 0.373 e. The van der Waals surface area contributed by atoms with Crippen molar-refractivity contribution in [3.63, 3.8) is 0 Å². The maximum absolute atomic E-state index is 11.1. The highest BCUT2D eigenvalue weighted by atomic mass is 16.5. The lowest BCUT2D eigenvalue weighted by atomic mass is 9.85. The predicted octanol–water partition coefficient (Wildman–Crippen LogP) is 1.10. The molecule has 1 saturated carbocycles. The van der Waals surface area contributed by atoms with Crippen molar-refractivity contribution in [2.45, 2.75) is 44.2 Å². The van der Waals surface area contributed by atoms with Gasteiger partial charge in [-0.2, -0.15) is 4.98 Å². The van der Waals surface area contributed by atoms with Crippen LogP contribution in [0.1, 0.15) is 56.0 Å². The molecule has 21 heavy (non-hydrogen) atoms. The fourth-order valence-electron chi connectivity index (χ4n) is 3.19. The topological polar surface area (TPSA) is 89.3 Å². The van der Waals surface area contributed by atoms with Gasteiger partial charge < -0.3 is 14.6 Å². The van der Waals surface area contributed by atoms with Gasteiger partial charge in [0.05, 0.1) is 6.54 Å². The number of methoxy groups -OCH3 is 1. The number of piperazine rings is 1. The summed E-state index contributed by atoms with van der Waals surface area (Å²) in [4.78, 5) is 15.6. The molecule has 2 atom stereocenters. The molecule has 2 fully saturated rings. The molecule has 1 aliphatic carbocycles. The van der Waals surface area contributed by atoms with Crippen LogP contribution >= 0.6 is 0 Å². The molecule has 0 aromatic carbocycles. The van der Waals surface area contributed by atoms with E-state index in [0.717, 1.165) is 12.8 Å². The number of hydrogen-bond acceptors (Lipinski definition) is 6. The minimum Gasteiger partial charge on any atom is -0.373 e. The molecule has 2 N–H and O–H groups in total. The summed E-state index contributed by atoms with van der Waals surface area (Å²) in [6.07, 6.45) is 5.99. The Balaban J connectivity index is 1.69. The molecule has 116 valence electrons. The van der Waals surface area contributed by atoms with Crippen molar-refractivity contribution < 1.29 is 14.1 Å². The number of hydrogen-bond donors (Lipinski definition) is 2. The quantitative estimate of drug-likeness (QED) is 0.864. The standard InChI is InChI=1S/C14H22N4O3/c1-20-12(9-5-3-2-4-6-9)13-17-14(21-18-13)10-7-16-11(19)8-15-10/h9-10,12,15H,2-8H2,1H3,(H,16,19). The lowest BCUT2D eigenvalue weighted by molar-refractivity contribution is -0.121. The predicted molar refractivity (Wildman–Crippen MR) is 74.4 cm³/mol. The maximum atomic E-state index is 11.1. The van der Waals surface area contributed by atoms with Crippen LogP contribution in [0.5, 0.6) is 0 Å². The molecule has 7 heteroatoms. The third-order valence-electron chi connectivity index (χ3n) is 4.35. The van der Waals surface area contributed by atoms with Gasteiger partial charge in [-0.3, -0.25) is 10.1 Å². The van der Waals surface area contributed by atoms with Gasteiger partial charge in [-0.1, -0.05) is 24.4 Å². The van der Waals surface area contributed by atoms with E-state index in [9.17, 15) is 4.79 Å². The minimum absolute atomic E-state index is 0.0111. The van der Waals surface area contributed by atoms with Crippen LogP contribution in [0.2, 0.25) is 0 Å². The number of carbonyl (C=O) groups is 1. The first kappa shape index (κ1) is 14.5. The highest BCUT2D eigenvalue weighted by Crippen LogP contribution is 2.35. The first-order chi connectivity index (χ1) is 10.3. The minimum atomic E-state index is -0.118. The van der Waals surface area contributed by atoms with Gasteiger partial charge in [0.1, 0.15) is 12.1 Å². The molecule has 2 heterocycles. The van der Waals surface area contributed by atoms with E-state index >= 15 is 0 Å². The maximum Gasteiger partial charge on any atom is 0.245 e. The SMILES string of the molecule is COC(c1noc(C2CNC(=O)CN2)n1)C1CCCCC1. The third-order valence-corrected chi connectivity index (χ3v) is 4.35. The molecule has 7 nitrogen and oxygen atoms in total. The van der Waals surface area contributed by atoms with E-state index in [0.29, 0.717) is 24.2 Å². The molecule has 1 saturated heterocycles. The van der Waals surface area contributed by atoms with Crippen LogP contribution in [-0.2, 0) is 9.53 Å². The molecule has 0 bridgehead atoms. The van der Waals surface area contributed by atoms with Gasteiger partial charge in [0.15, 0.2) is 0 Å². The smallest absolute Gasteiger partial charge is 0.245 e. The van der Waals surface area contributed by atoms with E-state index in [1.165, 1.54) is 19.3 Å². The third kappa shape index (κ3) is 3.24. The van der Waals surface area contributed by atoms with Gasteiger partial charge in [-0.15, -0.1) is 0 Å². The van der Waals surface area contributed by atoms with Crippen molar-refractivity contribution in [1.29, 1.82) is 0 Å². The zero-order chi connectivity index (χ0) is 14.7. The van der Waals surface area contributed by atoms with Gasteiger partial charge in [0, 0.05) is 13.7 Å². The van der Waals surface area contributed by atoms with Crippen LogP contribution in [0.25, 0.3) is 0 Å². The Bertz CT molecular complexity index is 474. The van der Waals surface area contributed by atoms with Crippen LogP contribution in [-0.4, -0.2) is 36.2 Å². The molecule has 1 aromatic rings. The van der Waals surface area contributed by atoms with Crippen molar-refractivity contribution in [2.75, 3.05) is 20.2 Å². The van der Waals surface area contributed by atoms with E-state index in [1.54, 1.807) is 7.11 Å². The summed E-state index contributed by atoms with van der Waals surface area (Å²) < 4.78 is 11.0. The number of nitrogens with zero attached hydrogens (tertiary/aromatic N) is 2. The Morgan fingerprint density at radius 1 is 1.33 bits per heavy atom. The summed E-state index contributed by atoms with van der Waals surface area (Å²) in [6.45, 7) is 0.750. The second-order valence-corrected chi connectivity index (χ2v) is 5.78. The van der Waals surface area contributed by atoms with E-state index in [2.05, 4.69) is 20.8 Å². The first-order valence-electron chi connectivity index (χ1n) is 7.64. The van der Waals surface area contributed by atoms with E-state index in [1.807, 2.05) is 0 Å². The van der Waals surface area contributed by atoms with E-state index < -0.39 is 0 Å². The van der Waals surface area contributed by atoms with Crippen molar-refractivity contribution >= 4 is 5.91 Å². The van der Waals surface area contributed by atoms with Crippen LogP contribution in [0.4, 0.5) is 0 Å². The lowest BCUT2D eigenvalue weighted by Crippen LogP contribution is -2.47. The highest BCUT2D eigenvalue weighted by molar-refractivity contribution is 5.78. The molecule has 0 spiro atoms. The van der Waals surface area contributed by atoms with E-state index in [4.69, 9.17) is 9.26 Å². The first-order valence-corrected chi connectivity index (χ1v) is 7.64. The summed E-state index contributed by atoms with van der Waals surface area (Å²) in [5.74, 6) is 1.59. The Morgan fingerprint density at radius 2 is 2.14 bits per heavy atom. The molecule has 1 amide bonds. The number of nitrogens with one attached hydrogen (secondary N) is 2. The molecule has 0 radical (unpaired) electrons. The Kier molecular flexibility index (Phi) is 4.50. The number of carbonyl (C=O) groups excluding carboxylic acids is 1. The average Bonchev–Trinajstić information content (AvgIpc) is 2.99. The summed E-state index contributed by atoms with van der Waals surface area (Å²) in [5.41, 5.74) is 0.